The summed E-state index contributed by atoms with van der Waals surface area (Å²) in [6.45, 7) is 0. The van der Waals surface area contributed by atoms with E-state index in [-0.39, 0.29) is 0 Å². The molecule has 0 bridgehead atoms. The quantitative estimate of drug-likeness (QED) is 0.854. The number of nitrogens with zero attached hydrogens (tertiary/aromatic N) is 2. The first kappa shape index (κ1) is 13.8. The van der Waals surface area contributed by atoms with E-state index in [4.69, 9.17) is 0 Å². The molecule has 1 aromatic heterocycles. The summed E-state index contributed by atoms with van der Waals surface area (Å²) in [7, 11) is 4.26. The molecule has 1 atom stereocenters. The lowest BCUT2D eigenvalue weighted by Gasteiger charge is -2.21. The smallest absolute Gasteiger partial charge is 0.0629 e. The Bertz CT molecular complexity index is 758. The van der Waals surface area contributed by atoms with Crippen LogP contribution in [-0.2, 0) is 0 Å². The van der Waals surface area contributed by atoms with Gasteiger partial charge in [0.05, 0.1) is 5.69 Å². The summed E-state index contributed by atoms with van der Waals surface area (Å²) in [5.74, 6) is 0. The maximum atomic E-state index is 4.30. The van der Waals surface area contributed by atoms with Gasteiger partial charge in [-0.2, -0.15) is 0 Å². The lowest BCUT2D eigenvalue weighted by Crippen LogP contribution is -2.36. The van der Waals surface area contributed by atoms with Gasteiger partial charge in [0.15, 0.2) is 0 Å². The molecule has 2 aromatic rings. The molecule has 0 saturated heterocycles. The van der Waals surface area contributed by atoms with Gasteiger partial charge in [0.25, 0.3) is 0 Å². The fourth-order valence-electron chi connectivity index (χ4n) is 2.56. The third-order valence-corrected chi connectivity index (χ3v) is 3.86. The second-order valence-corrected chi connectivity index (χ2v) is 5.61. The number of rotatable bonds is 3. The summed E-state index contributed by atoms with van der Waals surface area (Å²) >= 11 is 0. The van der Waals surface area contributed by atoms with E-state index in [1.165, 1.54) is 16.0 Å². The van der Waals surface area contributed by atoms with Crippen molar-refractivity contribution in [3.05, 3.63) is 64.3 Å². The minimum atomic E-state index is 0.507. The highest BCUT2D eigenvalue weighted by molar-refractivity contribution is 5.68. The van der Waals surface area contributed by atoms with Crippen molar-refractivity contribution < 1.29 is 0 Å². The van der Waals surface area contributed by atoms with E-state index in [9.17, 15) is 0 Å². The van der Waals surface area contributed by atoms with Gasteiger partial charge in [0.1, 0.15) is 0 Å². The average Bonchev–Trinajstić information content (AvgIpc) is 2.53. The van der Waals surface area contributed by atoms with Crippen LogP contribution in [0.25, 0.3) is 24.3 Å². The van der Waals surface area contributed by atoms with Crippen LogP contribution in [0.1, 0.15) is 17.7 Å². The Labute approximate surface area is 125 Å². The fourth-order valence-corrected chi connectivity index (χ4v) is 2.56. The van der Waals surface area contributed by atoms with Gasteiger partial charge in [0.2, 0.25) is 0 Å². The number of pyridine rings is 1. The highest BCUT2D eigenvalue weighted by Crippen LogP contribution is 2.07. The van der Waals surface area contributed by atoms with E-state index in [0.29, 0.717) is 6.04 Å². The molecule has 1 aliphatic rings. The molecule has 0 radical (unpaired) electrons. The van der Waals surface area contributed by atoms with E-state index in [1.54, 1.807) is 0 Å². The Morgan fingerprint density at radius 2 is 2.00 bits per heavy atom. The molecule has 1 aromatic carbocycles. The van der Waals surface area contributed by atoms with Gasteiger partial charge in [-0.05, 0) is 60.8 Å². The van der Waals surface area contributed by atoms with Gasteiger partial charge in [0, 0.05) is 12.2 Å². The van der Waals surface area contributed by atoms with Gasteiger partial charge in [-0.15, -0.1) is 0 Å². The van der Waals surface area contributed by atoms with Gasteiger partial charge in [-0.1, -0.05) is 36.4 Å². The Morgan fingerprint density at radius 1 is 1.10 bits per heavy atom. The topological polar surface area (TPSA) is 16.1 Å². The summed E-state index contributed by atoms with van der Waals surface area (Å²) in [5.41, 5.74) is 2.20. The van der Waals surface area contributed by atoms with Crippen LogP contribution in [-0.4, -0.2) is 30.0 Å². The minimum absolute atomic E-state index is 0.507. The van der Waals surface area contributed by atoms with E-state index < -0.39 is 0 Å². The summed E-state index contributed by atoms with van der Waals surface area (Å²) in [5, 5.41) is 2.66. The number of aromatic nitrogens is 1. The van der Waals surface area contributed by atoms with E-state index in [1.807, 2.05) is 24.4 Å². The van der Waals surface area contributed by atoms with Crippen molar-refractivity contribution >= 4 is 24.3 Å². The molecule has 2 heteroatoms. The third kappa shape index (κ3) is 3.29. The standard InChI is InChI=1S/C19H20N2/c1-21(2)19-11-9-16-13-15(6-8-17(16)14-19)7-10-18-5-3-4-12-20-18/h3-10,12-14,19H,11H2,1-2H3/b10-7+. The molecule has 0 saturated carbocycles. The van der Waals surface area contributed by atoms with Crippen molar-refractivity contribution in [3.8, 4) is 0 Å². The maximum Gasteiger partial charge on any atom is 0.0629 e. The average molecular weight is 276 g/mol. The van der Waals surface area contributed by atoms with Crippen molar-refractivity contribution in [3.63, 3.8) is 0 Å². The number of hydrogen-bond acceptors (Lipinski definition) is 2. The summed E-state index contributed by atoms with van der Waals surface area (Å²) in [4.78, 5) is 6.56. The third-order valence-electron chi connectivity index (χ3n) is 3.86. The lowest BCUT2D eigenvalue weighted by atomic mass is 10.0. The molecule has 0 amide bonds. The Balaban J connectivity index is 1.88. The largest absolute Gasteiger partial charge is 0.303 e. The molecular weight excluding hydrogens is 256 g/mol. The highest BCUT2D eigenvalue weighted by atomic mass is 15.1. The van der Waals surface area contributed by atoms with Crippen LogP contribution in [0.3, 0.4) is 0 Å². The number of hydrogen-bond donors (Lipinski definition) is 0. The maximum absolute atomic E-state index is 4.30. The fraction of sp³-hybridized carbons (Fsp3) is 0.211. The first-order valence-corrected chi connectivity index (χ1v) is 7.30. The van der Waals surface area contributed by atoms with E-state index >= 15 is 0 Å². The zero-order valence-corrected chi connectivity index (χ0v) is 12.5. The molecule has 2 nitrogen and oxygen atoms in total. The van der Waals surface area contributed by atoms with Crippen molar-refractivity contribution in [1.82, 2.24) is 9.88 Å². The summed E-state index contributed by atoms with van der Waals surface area (Å²) in [6, 6.07) is 13.1. The van der Waals surface area contributed by atoms with Crippen LogP contribution in [0.4, 0.5) is 0 Å². The van der Waals surface area contributed by atoms with Crippen LogP contribution in [0.2, 0.25) is 0 Å². The molecule has 3 rings (SSSR count). The van der Waals surface area contributed by atoms with E-state index in [2.05, 4.69) is 66.5 Å². The summed E-state index contributed by atoms with van der Waals surface area (Å²) in [6.07, 6.45) is 11.7. The minimum Gasteiger partial charge on any atom is -0.303 e. The van der Waals surface area contributed by atoms with Crippen molar-refractivity contribution in [2.24, 2.45) is 0 Å². The molecule has 1 unspecified atom stereocenters. The van der Waals surface area contributed by atoms with Gasteiger partial charge in [-0.3, -0.25) is 4.98 Å². The monoisotopic (exact) mass is 276 g/mol. The predicted octanol–water partition coefficient (Wildman–Crippen LogP) is 2.15. The van der Waals surface area contributed by atoms with E-state index in [0.717, 1.165) is 12.1 Å². The normalized spacial score (nSPS) is 17.4. The molecule has 0 spiro atoms. The van der Waals surface area contributed by atoms with Crippen molar-refractivity contribution in [2.45, 2.75) is 12.5 Å². The molecule has 0 aliphatic heterocycles. The first-order chi connectivity index (χ1) is 10.2. The van der Waals surface area contributed by atoms with Crippen LogP contribution < -0.4 is 10.4 Å². The zero-order chi connectivity index (χ0) is 14.7. The zero-order valence-electron chi connectivity index (χ0n) is 12.5. The lowest BCUT2D eigenvalue weighted by molar-refractivity contribution is 0.363. The molecule has 21 heavy (non-hydrogen) atoms. The Kier molecular flexibility index (Phi) is 3.98. The second-order valence-electron chi connectivity index (χ2n) is 5.61. The van der Waals surface area contributed by atoms with Crippen LogP contribution >= 0.6 is 0 Å². The number of fused-ring (bicyclic) bond motifs is 1. The predicted molar refractivity (Wildman–Crippen MR) is 89.9 cm³/mol. The molecule has 0 N–H and O–H groups in total. The Morgan fingerprint density at radius 3 is 2.76 bits per heavy atom. The molecule has 106 valence electrons. The van der Waals surface area contributed by atoms with Gasteiger partial charge < -0.3 is 4.90 Å². The van der Waals surface area contributed by atoms with Crippen LogP contribution in [0.5, 0.6) is 0 Å². The van der Waals surface area contributed by atoms with Gasteiger partial charge >= 0.3 is 0 Å². The van der Waals surface area contributed by atoms with Gasteiger partial charge in [-0.25, -0.2) is 0 Å². The summed E-state index contributed by atoms with van der Waals surface area (Å²) < 4.78 is 0. The molecular formula is C19H20N2. The van der Waals surface area contributed by atoms with Crippen LogP contribution in [0.15, 0.2) is 42.6 Å². The SMILES string of the molecule is CN(C)C1C=c2ccc(/C=C/c3ccccn3)cc2=CC1. The second kappa shape index (κ2) is 6.06. The first-order valence-electron chi connectivity index (χ1n) is 7.30. The van der Waals surface area contributed by atoms with Crippen molar-refractivity contribution in [2.75, 3.05) is 14.1 Å². The molecule has 1 aliphatic carbocycles. The van der Waals surface area contributed by atoms with Crippen molar-refractivity contribution in [1.29, 1.82) is 0 Å². The Hall–Kier alpha value is -2.19. The van der Waals surface area contributed by atoms with Crippen LogP contribution in [0, 0.1) is 0 Å². The number of benzene rings is 1. The molecule has 1 heterocycles. The highest BCUT2D eigenvalue weighted by Gasteiger charge is 2.09. The molecule has 0 fully saturated rings.